The smallest absolute Gasteiger partial charge is 0.373 e. The van der Waals surface area contributed by atoms with Crippen LogP contribution in [0.4, 0.5) is 24.5 Å². The third-order valence-electron chi connectivity index (χ3n) is 5.59. The number of aliphatic hydroxyl groups is 1. The molecule has 1 heterocycles. The van der Waals surface area contributed by atoms with Gasteiger partial charge in [-0.25, -0.2) is 4.98 Å². The van der Waals surface area contributed by atoms with E-state index in [0.29, 0.717) is 17.1 Å². The number of alkyl halides is 3. The molecule has 1 aromatic heterocycles. The van der Waals surface area contributed by atoms with E-state index < -0.39 is 24.1 Å². The average Bonchev–Trinajstić information content (AvgIpc) is 3.29. The van der Waals surface area contributed by atoms with Crippen molar-refractivity contribution in [1.82, 2.24) is 9.55 Å². The van der Waals surface area contributed by atoms with Gasteiger partial charge in [0.05, 0.1) is 6.54 Å². The lowest BCUT2D eigenvalue weighted by atomic mass is 9.99. The van der Waals surface area contributed by atoms with Crippen molar-refractivity contribution < 1.29 is 18.3 Å². The topological polar surface area (TPSA) is 41.3 Å². The average molecular weight is 451 g/mol. The van der Waals surface area contributed by atoms with E-state index in [-0.39, 0.29) is 0 Å². The standard InChI is InChI=1S/C26H24F3N3O/c1-19-8-12-22(13-9-19)32(23-14-10-20(2)11-15-23)18-25(33,26(27,28)29)24-30-16-17-31(24)21-6-4-3-5-7-21/h3-17,33H,18H2,1-2H3/t25-/m0/s1. The lowest BCUT2D eigenvalue weighted by molar-refractivity contribution is -0.265. The molecule has 0 amide bonds. The Balaban J connectivity index is 1.85. The molecule has 0 aliphatic rings. The zero-order valence-electron chi connectivity index (χ0n) is 18.3. The largest absolute Gasteiger partial charge is 0.426 e. The molecule has 4 aromatic rings. The maximum atomic E-state index is 14.6. The van der Waals surface area contributed by atoms with Crippen LogP contribution in [0.3, 0.4) is 0 Å². The molecular formula is C26H24F3N3O. The highest BCUT2D eigenvalue weighted by Crippen LogP contribution is 2.42. The fourth-order valence-corrected chi connectivity index (χ4v) is 3.70. The van der Waals surface area contributed by atoms with Crippen molar-refractivity contribution in [3.8, 4) is 5.69 Å². The van der Waals surface area contributed by atoms with Crippen molar-refractivity contribution in [2.75, 3.05) is 11.4 Å². The van der Waals surface area contributed by atoms with Crippen LogP contribution in [-0.2, 0) is 5.60 Å². The van der Waals surface area contributed by atoms with Crippen molar-refractivity contribution >= 4 is 11.4 Å². The molecule has 4 rings (SSSR count). The normalized spacial score (nSPS) is 13.5. The predicted molar refractivity (Wildman–Crippen MR) is 123 cm³/mol. The highest BCUT2D eigenvalue weighted by Gasteiger charge is 2.59. The highest BCUT2D eigenvalue weighted by atomic mass is 19.4. The summed E-state index contributed by atoms with van der Waals surface area (Å²) < 4.78 is 44.9. The van der Waals surface area contributed by atoms with E-state index in [9.17, 15) is 18.3 Å². The van der Waals surface area contributed by atoms with Gasteiger partial charge in [-0.1, -0.05) is 53.6 Å². The second kappa shape index (κ2) is 8.75. The Hall–Kier alpha value is -3.58. The molecule has 0 saturated heterocycles. The third-order valence-corrected chi connectivity index (χ3v) is 5.59. The molecule has 0 saturated carbocycles. The summed E-state index contributed by atoms with van der Waals surface area (Å²) in [6.07, 6.45) is -2.30. The first-order valence-corrected chi connectivity index (χ1v) is 10.5. The molecule has 0 fully saturated rings. The van der Waals surface area contributed by atoms with Crippen LogP contribution in [-0.4, -0.2) is 27.4 Å². The van der Waals surface area contributed by atoms with E-state index >= 15 is 0 Å². The summed E-state index contributed by atoms with van der Waals surface area (Å²) in [5.74, 6) is -0.495. The second-order valence-electron chi connectivity index (χ2n) is 8.07. The number of aromatic nitrogens is 2. The molecule has 0 bridgehead atoms. The van der Waals surface area contributed by atoms with Crippen LogP contribution in [0.15, 0.2) is 91.3 Å². The summed E-state index contributed by atoms with van der Waals surface area (Å²) in [4.78, 5) is 5.43. The SMILES string of the molecule is Cc1ccc(N(C[C@](O)(c2nccn2-c2ccccc2)C(F)(F)F)c2ccc(C)cc2)cc1. The van der Waals surface area contributed by atoms with E-state index in [4.69, 9.17) is 0 Å². The zero-order valence-corrected chi connectivity index (χ0v) is 18.3. The number of rotatable bonds is 6. The Morgan fingerprint density at radius 1 is 0.818 bits per heavy atom. The van der Waals surface area contributed by atoms with E-state index in [1.54, 1.807) is 54.6 Å². The van der Waals surface area contributed by atoms with Crippen molar-refractivity contribution in [3.05, 3.63) is 108 Å². The van der Waals surface area contributed by atoms with Crippen LogP contribution >= 0.6 is 0 Å². The summed E-state index contributed by atoms with van der Waals surface area (Å²) in [7, 11) is 0. The number of halogens is 3. The monoisotopic (exact) mass is 451 g/mol. The number of benzene rings is 3. The van der Waals surface area contributed by atoms with Gasteiger partial charge in [0.1, 0.15) is 0 Å². The van der Waals surface area contributed by atoms with Crippen molar-refractivity contribution in [1.29, 1.82) is 0 Å². The molecule has 170 valence electrons. The van der Waals surface area contributed by atoms with Crippen molar-refractivity contribution in [2.45, 2.75) is 25.6 Å². The molecule has 1 atom stereocenters. The van der Waals surface area contributed by atoms with Crippen molar-refractivity contribution in [2.24, 2.45) is 0 Å². The number of aryl methyl sites for hydroxylation is 2. The maximum Gasteiger partial charge on any atom is 0.426 e. The highest BCUT2D eigenvalue weighted by molar-refractivity contribution is 5.64. The summed E-state index contributed by atoms with van der Waals surface area (Å²) in [5.41, 5.74) is 0.253. The molecule has 7 heteroatoms. The number of hydrogen-bond donors (Lipinski definition) is 1. The van der Waals surface area contributed by atoms with Gasteiger partial charge in [0, 0.05) is 29.5 Å². The van der Waals surface area contributed by atoms with Gasteiger partial charge in [-0.15, -0.1) is 0 Å². The van der Waals surface area contributed by atoms with Gasteiger partial charge in [-0.2, -0.15) is 13.2 Å². The number of hydrogen-bond acceptors (Lipinski definition) is 3. The molecule has 33 heavy (non-hydrogen) atoms. The molecule has 1 N–H and O–H groups in total. The van der Waals surface area contributed by atoms with Crippen LogP contribution in [0.5, 0.6) is 0 Å². The van der Waals surface area contributed by atoms with Crippen LogP contribution in [0.1, 0.15) is 17.0 Å². The summed E-state index contributed by atoms with van der Waals surface area (Å²) in [6.45, 7) is 3.04. The fraction of sp³-hybridized carbons (Fsp3) is 0.192. The molecule has 0 radical (unpaired) electrons. The maximum absolute atomic E-state index is 14.6. The Morgan fingerprint density at radius 2 is 1.33 bits per heavy atom. The molecule has 0 spiro atoms. The Labute approximate surface area is 190 Å². The quantitative estimate of drug-likeness (QED) is 0.386. The van der Waals surface area contributed by atoms with E-state index in [2.05, 4.69) is 4.98 Å². The first-order valence-electron chi connectivity index (χ1n) is 10.5. The summed E-state index contributed by atoms with van der Waals surface area (Å²) >= 11 is 0. The first kappa shape index (κ1) is 22.6. The first-order chi connectivity index (χ1) is 15.7. The van der Waals surface area contributed by atoms with Gasteiger partial charge in [-0.3, -0.25) is 0 Å². The van der Waals surface area contributed by atoms with E-state index in [0.717, 1.165) is 11.1 Å². The fourth-order valence-electron chi connectivity index (χ4n) is 3.70. The number of imidazole rings is 1. The van der Waals surface area contributed by atoms with Crippen LogP contribution in [0, 0.1) is 13.8 Å². The van der Waals surface area contributed by atoms with Gasteiger partial charge in [0.25, 0.3) is 0 Å². The minimum Gasteiger partial charge on any atom is -0.373 e. The second-order valence-corrected chi connectivity index (χ2v) is 8.07. The van der Waals surface area contributed by atoms with Crippen LogP contribution < -0.4 is 4.90 Å². The number of nitrogens with zero attached hydrogens (tertiary/aromatic N) is 3. The lowest BCUT2D eigenvalue weighted by Gasteiger charge is -2.36. The minimum atomic E-state index is -4.99. The van der Waals surface area contributed by atoms with E-state index in [1.165, 1.54) is 21.9 Å². The molecular weight excluding hydrogens is 427 g/mol. The van der Waals surface area contributed by atoms with Gasteiger partial charge in [0.2, 0.25) is 5.60 Å². The van der Waals surface area contributed by atoms with Gasteiger partial charge in [-0.05, 0) is 50.2 Å². The van der Waals surface area contributed by atoms with E-state index in [1.807, 2.05) is 38.1 Å². The lowest BCUT2D eigenvalue weighted by Crippen LogP contribution is -2.51. The number of para-hydroxylation sites is 1. The van der Waals surface area contributed by atoms with Crippen molar-refractivity contribution in [3.63, 3.8) is 0 Å². The minimum absolute atomic E-state index is 0.477. The van der Waals surface area contributed by atoms with Gasteiger partial charge < -0.3 is 14.6 Å². The van der Waals surface area contributed by atoms with Gasteiger partial charge in [0.15, 0.2) is 5.82 Å². The van der Waals surface area contributed by atoms with Crippen LogP contribution in [0.25, 0.3) is 5.69 Å². The van der Waals surface area contributed by atoms with Gasteiger partial charge >= 0.3 is 6.18 Å². The molecule has 0 aliphatic heterocycles. The molecule has 3 aromatic carbocycles. The predicted octanol–water partition coefficient (Wildman–Crippen LogP) is 6.08. The Bertz CT molecular complexity index is 1160. The Morgan fingerprint density at radius 3 is 1.82 bits per heavy atom. The number of anilines is 2. The molecule has 4 nitrogen and oxygen atoms in total. The Kier molecular flexibility index (Phi) is 5.99. The molecule has 0 aliphatic carbocycles. The van der Waals surface area contributed by atoms with Crippen LogP contribution in [0.2, 0.25) is 0 Å². The summed E-state index contributed by atoms with van der Waals surface area (Å²) in [5, 5.41) is 11.3. The summed E-state index contributed by atoms with van der Waals surface area (Å²) in [6, 6.07) is 22.8. The third kappa shape index (κ3) is 4.50. The zero-order chi connectivity index (χ0) is 23.6. The molecule has 0 unspecified atom stereocenters.